The highest BCUT2D eigenvalue weighted by molar-refractivity contribution is 7.22. The summed E-state index contributed by atoms with van der Waals surface area (Å²) in [6.45, 7) is 1.86. The summed E-state index contributed by atoms with van der Waals surface area (Å²) < 4.78 is 5.45. The van der Waals surface area contributed by atoms with Crippen LogP contribution in [0.5, 0.6) is 0 Å². The van der Waals surface area contributed by atoms with Gasteiger partial charge >= 0.3 is 11.9 Å². The van der Waals surface area contributed by atoms with Crippen LogP contribution in [0.25, 0.3) is 26.4 Å². The molecule has 35 heavy (non-hydrogen) atoms. The van der Waals surface area contributed by atoms with Crippen LogP contribution in [-0.2, 0) is 14.3 Å². The maximum Gasteiger partial charge on any atom is 0.346 e. The largest absolute Gasteiger partial charge is 0.397 e. The number of carbonyl (C=O) groups excluding carboxylic acids is 2. The Balaban J connectivity index is 1.45. The fourth-order valence-electron chi connectivity index (χ4n) is 3.79. The van der Waals surface area contributed by atoms with Gasteiger partial charge in [0.25, 0.3) is 0 Å². The Kier molecular flexibility index (Phi) is 5.66. The smallest absolute Gasteiger partial charge is 0.346 e. The van der Waals surface area contributed by atoms with Gasteiger partial charge in [-0.3, -0.25) is 4.99 Å². The summed E-state index contributed by atoms with van der Waals surface area (Å²) in [5.74, 6) is -1.35. The number of cyclic esters (lactones) is 2. The van der Waals surface area contributed by atoms with Gasteiger partial charge in [-0.1, -0.05) is 12.1 Å². The van der Waals surface area contributed by atoms with Crippen molar-refractivity contribution in [3.8, 4) is 10.6 Å². The van der Waals surface area contributed by atoms with E-state index >= 15 is 0 Å². The SMILES string of the molecule is Cc1cc(C2=CC(=O)OC2=O)c2nc(-c3ccc(N=Cc4ccc(N(C)C)cc4)cc3)sc2c1N. The first-order chi connectivity index (χ1) is 16.8. The predicted octanol–water partition coefficient (Wildman–Crippen LogP) is 5.14. The first-order valence-electron chi connectivity index (χ1n) is 10.9. The zero-order chi connectivity index (χ0) is 24.7. The number of anilines is 2. The molecule has 0 fully saturated rings. The number of hydrogen-bond donors (Lipinski definition) is 1. The van der Waals surface area contributed by atoms with Crippen LogP contribution >= 0.6 is 11.3 Å². The third-order valence-electron chi connectivity index (χ3n) is 5.76. The molecular formula is C27H22N4O3S. The molecule has 0 amide bonds. The number of nitrogen functional groups attached to an aromatic ring is 1. The van der Waals surface area contributed by atoms with E-state index < -0.39 is 11.9 Å². The Bertz CT molecular complexity index is 1530. The molecule has 174 valence electrons. The van der Waals surface area contributed by atoms with Crippen molar-refractivity contribution in [2.45, 2.75) is 6.92 Å². The Hall–Kier alpha value is -4.30. The normalized spacial score (nSPS) is 13.5. The number of ether oxygens (including phenoxy) is 1. The van der Waals surface area contributed by atoms with E-state index in [2.05, 4.69) is 26.8 Å². The molecule has 0 radical (unpaired) electrons. The van der Waals surface area contributed by atoms with Crippen molar-refractivity contribution in [1.82, 2.24) is 4.98 Å². The van der Waals surface area contributed by atoms with Gasteiger partial charge in [0.05, 0.1) is 27.2 Å². The quantitative estimate of drug-likeness (QED) is 0.183. The Morgan fingerprint density at radius 1 is 1.06 bits per heavy atom. The molecule has 2 N–H and O–H groups in total. The van der Waals surface area contributed by atoms with Gasteiger partial charge in [-0.2, -0.15) is 0 Å². The lowest BCUT2D eigenvalue weighted by Crippen LogP contribution is -2.08. The summed E-state index contributed by atoms with van der Waals surface area (Å²) in [5.41, 5.74) is 12.9. The number of nitrogens with zero attached hydrogens (tertiary/aromatic N) is 3. The van der Waals surface area contributed by atoms with Crippen molar-refractivity contribution in [3.05, 3.63) is 77.4 Å². The van der Waals surface area contributed by atoms with E-state index in [1.54, 1.807) is 6.07 Å². The highest BCUT2D eigenvalue weighted by Crippen LogP contribution is 2.40. The summed E-state index contributed by atoms with van der Waals surface area (Å²) in [6, 6.07) is 17.7. The van der Waals surface area contributed by atoms with Gasteiger partial charge in [0.2, 0.25) is 0 Å². The van der Waals surface area contributed by atoms with E-state index in [9.17, 15) is 9.59 Å². The fourth-order valence-corrected chi connectivity index (χ4v) is 4.90. The molecule has 1 aliphatic heterocycles. The molecule has 0 atom stereocenters. The first kappa shape index (κ1) is 22.5. The van der Waals surface area contributed by atoms with Crippen molar-refractivity contribution < 1.29 is 14.3 Å². The third kappa shape index (κ3) is 4.31. The molecule has 5 rings (SSSR count). The average molecular weight is 483 g/mol. The number of thiazole rings is 1. The zero-order valence-electron chi connectivity index (χ0n) is 19.4. The molecule has 4 aromatic rings. The predicted molar refractivity (Wildman–Crippen MR) is 141 cm³/mol. The van der Waals surface area contributed by atoms with Crippen molar-refractivity contribution in [2.24, 2.45) is 4.99 Å². The van der Waals surface area contributed by atoms with Crippen LogP contribution in [0.2, 0.25) is 0 Å². The molecule has 0 saturated heterocycles. The van der Waals surface area contributed by atoms with Gasteiger partial charge < -0.3 is 15.4 Å². The molecule has 0 aliphatic carbocycles. The topological polar surface area (TPSA) is 97.9 Å². The van der Waals surface area contributed by atoms with Crippen LogP contribution in [0.15, 0.2) is 65.7 Å². The highest BCUT2D eigenvalue weighted by atomic mass is 32.1. The molecule has 3 aromatic carbocycles. The Morgan fingerprint density at radius 2 is 1.77 bits per heavy atom. The standard InChI is InChI=1S/C27H22N4O3S/c1-15-12-20(21-13-22(32)34-27(21)33)24-25(23(15)28)35-26(30-24)17-6-8-18(9-7-17)29-14-16-4-10-19(11-5-16)31(2)3/h4-14H,28H2,1-3H3. The molecule has 1 aliphatic rings. The number of nitrogens with two attached hydrogens (primary N) is 1. The second kappa shape index (κ2) is 8.81. The van der Waals surface area contributed by atoms with Gasteiger partial charge in [0, 0.05) is 43.2 Å². The summed E-state index contributed by atoms with van der Waals surface area (Å²) in [6.07, 6.45) is 3.03. The maximum absolute atomic E-state index is 12.2. The number of hydrogen-bond acceptors (Lipinski definition) is 8. The number of carbonyl (C=O) groups is 2. The number of esters is 2. The Labute approximate surface area is 206 Å². The van der Waals surface area contributed by atoms with Crippen molar-refractivity contribution in [1.29, 1.82) is 0 Å². The molecule has 7 nitrogen and oxygen atoms in total. The van der Waals surface area contributed by atoms with Crippen LogP contribution in [-0.4, -0.2) is 37.2 Å². The molecule has 0 unspecified atom stereocenters. The van der Waals surface area contributed by atoms with E-state index in [0.717, 1.165) is 37.8 Å². The van der Waals surface area contributed by atoms with E-state index in [1.165, 1.54) is 17.4 Å². The van der Waals surface area contributed by atoms with Crippen LogP contribution in [0.1, 0.15) is 16.7 Å². The van der Waals surface area contributed by atoms with Crippen molar-refractivity contribution in [2.75, 3.05) is 24.7 Å². The summed E-state index contributed by atoms with van der Waals surface area (Å²) in [7, 11) is 4.01. The monoisotopic (exact) mass is 482 g/mol. The van der Waals surface area contributed by atoms with E-state index in [1.807, 2.05) is 63.6 Å². The minimum Gasteiger partial charge on any atom is -0.397 e. The molecular weight excluding hydrogens is 460 g/mol. The number of fused-ring (bicyclic) bond motifs is 1. The van der Waals surface area contributed by atoms with Gasteiger partial charge in [-0.15, -0.1) is 11.3 Å². The summed E-state index contributed by atoms with van der Waals surface area (Å²) in [5, 5.41) is 0.756. The lowest BCUT2D eigenvalue weighted by molar-refractivity contribution is -0.149. The number of aliphatic imine (C=N–C) groups is 1. The van der Waals surface area contributed by atoms with Gasteiger partial charge in [-0.25, -0.2) is 14.6 Å². The molecule has 1 aromatic heterocycles. The van der Waals surface area contributed by atoms with Gasteiger partial charge in [-0.05, 0) is 60.5 Å². The first-order valence-corrected chi connectivity index (χ1v) is 11.7. The number of aryl methyl sites for hydroxylation is 1. The van der Waals surface area contributed by atoms with Crippen LogP contribution in [0, 0.1) is 6.92 Å². The highest BCUT2D eigenvalue weighted by Gasteiger charge is 2.28. The van der Waals surface area contributed by atoms with Crippen LogP contribution in [0.4, 0.5) is 17.1 Å². The number of aromatic nitrogens is 1. The summed E-state index contributed by atoms with van der Waals surface area (Å²) in [4.78, 5) is 35.2. The number of benzene rings is 3. The van der Waals surface area contributed by atoms with Gasteiger partial charge in [0.15, 0.2) is 0 Å². The van der Waals surface area contributed by atoms with Crippen molar-refractivity contribution in [3.63, 3.8) is 0 Å². The van der Waals surface area contributed by atoms with E-state index in [0.29, 0.717) is 16.8 Å². The molecule has 0 spiro atoms. The third-order valence-corrected chi connectivity index (χ3v) is 6.90. The molecule has 0 bridgehead atoms. The van der Waals surface area contributed by atoms with Crippen molar-refractivity contribution >= 4 is 62.3 Å². The van der Waals surface area contributed by atoms with E-state index in [-0.39, 0.29) is 5.57 Å². The second-order valence-electron chi connectivity index (χ2n) is 8.41. The van der Waals surface area contributed by atoms with E-state index in [4.69, 9.17) is 10.7 Å². The lowest BCUT2D eigenvalue weighted by atomic mass is 10.0. The zero-order valence-corrected chi connectivity index (χ0v) is 20.2. The second-order valence-corrected chi connectivity index (χ2v) is 9.41. The Morgan fingerprint density at radius 3 is 2.40 bits per heavy atom. The van der Waals surface area contributed by atoms with Crippen LogP contribution in [0.3, 0.4) is 0 Å². The minimum atomic E-state index is -0.673. The van der Waals surface area contributed by atoms with Gasteiger partial charge in [0.1, 0.15) is 5.01 Å². The molecule has 8 heteroatoms. The van der Waals surface area contributed by atoms with Crippen LogP contribution < -0.4 is 10.6 Å². The fraction of sp³-hybridized carbons (Fsp3) is 0.111. The lowest BCUT2D eigenvalue weighted by Gasteiger charge is -2.11. The summed E-state index contributed by atoms with van der Waals surface area (Å²) >= 11 is 1.44. The average Bonchev–Trinajstić information content (AvgIpc) is 3.44. The molecule has 0 saturated carbocycles. The maximum atomic E-state index is 12.2. The minimum absolute atomic E-state index is 0.197. The molecule has 2 heterocycles. The number of rotatable bonds is 5.